The van der Waals surface area contributed by atoms with Gasteiger partial charge in [0.2, 0.25) is 10.8 Å². The molecule has 0 radical (unpaired) electrons. The average Bonchev–Trinajstić information content (AvgIpc) is 2.30. The van der Waals surface area contributed by atoms with Gasteiger partial charge in [0.05, 0.1) is 0 Å². The van der Waals surface area contributed by atoms with Crippen LogP contribution >= 0.6 is 0 Å². The maximum atomic E-state index is 11.7. The van der Waals surface area contributed by atoms with Gasteiger partial charge < -0.3 is 9.80 Å². The first-order chi connectivity index (χ1) is 7.53. The van der Waals surface area contributed by atoms with Crippen molar-refractivity contribution < 1.29 is 13.8 Å². The molecule has 0 aromatic carbocycles. The van der Waals surface area contributed by atoms with Gasteiger partial charge in [0.1, 0.15) is 0 Å². The number of hydrogen-bond donors (Lipinski definition) is 0. The van der Waals surface area contributed by atoms with Crippen LogP contribution in [-0.4, -0.2) is 50.7 Å². The molecule has 0 aliphatic heterocycles. The molecule has 0 spiro atoms. The van der Waals surface area contributed by atoms with Crippen molar-refractivity contribution in [1.82, 2.24) is 9.80 Å². The zero-order valence-electron chi connectivity index (χ0n) is 10.4. The maximum Gasteiger partial charge on any atom is 0.321 e. The molecular weight excluding hydrogens is 228 g/mol. The highest BCUT2D eigenvalue weighted by Gasteiger charge is 2.27. The summed E-state index contributed by atoms with van der Waals surface area (Å²) < 4.78 is 11.7. The van der Waals surface area contributed by atoms with Gasteiger partial charge in [-0.15, -0.1) is 0 Å². The molecule has 0 heterocycles. The Labute approximate surface area is 99.2 Å². The molecule has 0 rings (SSSR count). The van der Waals surface area contributed by atoms with Gasteiger partial charge in [0, 0.05) is 26.2 Å². The van der Waals surface area contributed by atoms with E-state index in [1.807, 2.05) is 0 Å². The number of carbonyl (C=O) groups excluding carboxylic acids is 2. The molecule has 16 heavy (non-hydrogen) atoms. The predicted molar refractivity (Wildman–Crippen MR) is 64.8 cm³/mol. The smallest absolute Gasteiger partial charge is 0.321 e. The third kappa shape index (κ3) is 3.59. The Morgan fingerprint density at radius 3 is 1.25 bits per heavy atom. The maximum absolute atomic E-state index is 11.7. The molecule has 0 atom stereocenters. The largest absolute Gasteiger partial charge is 0.332 e. The van der Waals surface area contributed by atoms with E-state index in [1.165, 1.54) is 9.80 Å². The van der Waals surface area contributed by atoms with E-state index in [-0.39, 0.29) is 0 Å². The van der Waals surface area contributed by atoms with Crippen molar-refractivity contribution in [3.8, 4) is 0 Å². The Kier molecular flexibility index (Phi) is 6.96. The van der Waals surface area contributed by atoms with E-state index in [0.29, 0.717) is 26.2 Å². The first-order valence-electron chi connectivity index (χ1n) is 5.52. The predicted octanol–water partition coefficient (Wildman–Crippen LogP) is 1.66. The van der Waals surface area contributed by atoms with E-state index in [4.69, 9.17) is 0 Å². The van der Waals surface area contributed by atoms with E-state index < -0.39 is 21.3 Å². The van der Waals surface area contributed by atoms with Crippen molar-refractivity contribution >= 4 is 21.3 Å². The standard InChI is InChI=1S/C10H20N2O3S/c1-5-11(6-2)9(13)16(15)10(14)12(7-3)8-4/h5-8H2,1-4H3. The molecule has 0 saturated heterocycles. The lowest BCUT2D eigenvalue weighted by molar-refractivity contribution is 0.221. The molecule has 0 unspecified atom stereocenters. The topological polar surface area (TPSA) is 57.7 Å². The number of hydrogen-bond acceptors (Lipinski definition) is 3. The zero-order valence-corrected chi connectivity index (χ0v) is 11.2. The van der Waals surface area contributed by atoms with Gasteiger partial charge >= 0.3 is 10.5 Å². The van der Waals surface area contributed by atoms with Crippen LogP contribution in [0.15, 0.2) is 0 Å². The third-order valence-corrected chi connectivity index (χ3v) is 3.51. The quantitative estimate of drug-likeness (QED) is 0.760. The summed E-state index contributed by atoms with van der Waals surface area (Å²) in [5.74, 6) is 0. The lowest BCUT2D eigenvalue weighted by Gasteiger charge is -2.21. The molecule has 0 aromatic heterocycles. The van der Waals surface area contributed by atoms with Crippen molar-refractivity contribution in [2.45, 2.75) is 27.7 Å². The number of rotatable bonds is 4. The summed E-state index contributed by atoms with van der Waals surface area (Å²) in [5.41, 5.74) is 0. The minimum Gasteiger partial charge on any atom is -0.332 e. The van der Waals surface area contributed by atoms with E-state index in [0.717, 1.165) is 0 Å². The fourth-order valence-electron chi connectivity index (χ4n) is 1.27. The van der Waals surface area contributed by atoms with Crippen LogP contribution < -0.4 is 0 Å². The zero-order chi connectivity index (χ0) is 12.7. The fourth-order valence-corrected chi connectivity index (χ4v) is 2.41. The second kappa shape index (κ2) is 7.38. The fraction of sp³-hybridized carbons (Fsp3) is 0.800. The lowest BCUT2D eigenvalue weighted by atomic mass is 10.6. The summed E-state index contributed by atoms with van der Waals surface area (Å²) >= 11 is 0. The highest BCUT2D eigenvalue weighted by Crippen LogP contribution is 2.03. The summed E-state index contributed by atoms with van der Waals surface area (Å²) in [5, 5.41) is -1.19. The van der Waals surface area contributed by atoms with Crippen LogP contribution in [0, 0.1) is 0 Å². The van der Waals surface area contributed by atoms with E-state index in [9.17, 15) is 13.8 Å². The van der Waals surface area contributed by atoms with Gasteiger partial charge in [-0.1, -0.05) is 0 Å². The first kappa shape index (κ1) is 15.1. The first-order valence-corrected chi connectivity index (χ1v) is 6.67. The Morgan fingerprint density at radius 1 is 0.812 bits per heavy atom. The highest BCUT2D eigenvalue weighted by molar-refractivity contribution is 8.13. The van der Waals surface area contributed by atoms with Gasteiger partial charge in [-0.25, -0.2) is 4.21 Å². The minimum atomic E-state index is -2.10. The number of nitrogens with zero attached hydrogens (tertiary/aromatic N) is 2. The van der Waals surface area contributed by atoms with Crippen LogP contribution in [0.5, 0.6) is 0 Å². The molecule has 5 nitrogen and oxygen atoms in total. The second-order valence-corrected chi connectivity index (χ2v) is 4.38. The molecule has 94 valence electrons. The highest BCUT2D eigenvalue weighted by atomic mass is 32.2. The molecule has 0 aliphatic carbocycles. The van der Waals surface area contributed by atoms with Crippen LogP contribution in [0.2, 0.25) is 0 Å². The van der Waals surface area contributed by atoms with E-state index >= 15 is 0 Å². The molecule has 0 N–H and O–H groups in total. The van der Waals surface area contributed by atoms with Crippen molar-refractivity contribution in [3.05, 3.63) is 0 Å². The number of carbonyl (C=O) groups is 2. The van der Waals surface area contributed by atoms with Crippen LogP contribution in [0.4, 0.5) is 9.59 Å². The average molecular weight is 248 g/mol. The molecule has 0 saturated carbocycles. The van der Waals surface area contributed by atoms with Crippen LogP contribution in [0.25, 0.3) is 0 Å². The van der Waals surface area contributed by atoms with Crippen molar-refractivity contribution in [3.63, 3.8) is 0 Å². The summed E-state index contributed by atoms with van der Waals surface area (Å²) in [4.78, 5) is 26.1. The Bertz CT molecular complexity index is 247. The van der Waals surface area contributed by atoms with Gasteiger partial charge in [-0.3, -0.25) is 9.59 Å². The Hall–Kier alpha value is -0.910. The molecular formula is C10H20N2O3S. The third-order valence-electron chi connectivity index (χ3n) is 2.36. The monoisotopic (exact) mass is 248 g/mol. The lowest BCUT2D eigenvalue weighted by Crippen LogP contribution is -2.40. The molecule has 0 fully saturated rings. The second-order valence-electron chi connectivity index (χ2n) is 3.15. The van der Waals surface area contributed by atoms with Crippen molar-refractivity contribution in [1.29, 1.82) is 0 Å². The molecule has 0 bridgehead atoms. The summed E-state index contributed by atoms with van der Waals surface area (Å²) in [6.45, 7) is 9.03. The summed E-state index contributed by atoms with van der Waals surface area (Å²) in [6.07, 6.45) is 0. The molecule has 0 aliphatic rings. The van der Waals surface area contributed by atoms with Crippen LogP contribution in [0.3, 0.4) is 0 Å². The molecule has 6 heteroatoms. The Morgan fingerprint density at radius 2 is 1.06 bits per heavy atom. The van der Waals surface area contributed by atoms with E-state index in [2.05, 4.69) is 0 Å². The van der Waals surface area contributed by atoms with Crippen molar-refractivity contribution in [2.75, 3.05) is 26.2 Å². The van der Waals surface area contributed by atoms with Gasteiger partial charge in [-0.2, -0.15) is 0 Å². The van der Waals surface area contributed by atoms with Crippen molar-refractivity contribution in [2.24, 2.45) is 0 Å². The minimum absolute atomic E-state index is 0.465. The van der Waals surface area contributed by atoms with Gasteiger partial charge in [0.15, 0.2) is 0 Å². The molecule has 2 amide bonds. The Balaban J connectivity index is 4.66. The summed E-state index contributed by atoms with van der Waals surface area (Å²) in [7, 11) is -2.10. The molecule has 0 aromatic rings. The van der Waals surface area contributed by atoms with Gasteiger partial charge in [-0.05, 0) is 27.7 Å². The SMILES string of the molecule is CCN(CC)C(=O)S(=O)C(=O)N(CC)CC. The summed E-state index contributed by atoms with van der Waals surface area (Å²) in [6, 6.07) is 0. The van der Waals surface area contributed by atoms with Crippen LogP contribution in [0.1, 0.15) is 27.7 Å². The van der Waals surface area contributed by atoms with Gasteiger partial charge in [0.25, 0.3) is 0 Å². The number of amides is 2. The van der Waals surface area contributed by atoms with E-state index in [1.54, 1.807) is 27.7 Å². The normalized spacial score (nSPS) is 10.3. The van der Waals surface area contributed by atoms with Crippen LogP contribution in [-0.2, 0) is 10.8 Å².